The van der Waals surface area contributed by atoms with Crippen LogP contribution in [0.25, 0.3) is 0 Å². The van der Waals surface area contributed by atoms with Crippen LogP contribution in [0.15, 0.2) is 30.4 Å². The first-order valence-corrected chi connectivity index (χ1v) is 6.74. The average Bonchev–Trinajstić information content (AvgIpc) is 3.06. The molecule has 3 rings (SSSR count). The van der Waals surface area contributed by atoms with E-state index in [0.29, 0.717) is 12.2 Å². The molecule has 0 bridgehead atoms. The molecule has 2 N–H and O–H groups in total. The maximum atomic E-state index is 12.3. The number of amides is 2. The fourth-order valence-electron chi connectivity index (χ4n) is 2.71. The van der Waals surface area contributed by atoms with Crippen molar-refractivity contribution in [2.45, 2.75) is 25.3 Å². The van der Waals surface area contributed by atoms with Crippen LogP contribution < -0.4 is 10.2 Å². The van der Waals surface area contributed by atoms with E-state index >= 15 is 0 Å². The Balaban J connectivity index is 1.78. The number of carboxylic acid groups (broad SMARTS) is 1. The van der Waals surface area contributed by atoms with Gasteiger partial charge >= 0.3 is 12.0 Å². The Morgan fingerprint density at radius 3 is 2.70 bits per heavy atom. The Kier molecular flexibility index (Phi) is 3.18. The van der Waals surface area contributed by atoms with Crippen LogP contribution in [0.4, 0.5) is 10.5 Å². The molecule has 2 aliphatic rings. The fraction of sp³-hybridized carbons (Fsp3) is 0.333. The highest BCUT2D eigenvalue weighted by Crippen LogP contribution is 2.29. The summed E-state index contributed by atoms with van der Waals surface area (Å²) in [6, 6.07) is 4.98. The van der Waals surface area contributed by atoms with Crippen LogP contribution >= 0.6 is 0 Å². The van der Waals surface area contributed by atoms with Gasteiger partial charge in [0.05, 0.1) is 5.56 Å². The van der Waals surface area contributed by atoms with Gasteiger partial charge in [0.25, 0.3) is 0 Å². The fourth-order valence-corrected chi connectivity index (χ4v) is 2.71. The lowest BCUT2D eigenvalue weighted by Crippen LogP contribution is -2.43. The molecule has 1 aliphatic heterocycles. The smallest absolute Gasteiger partial charge is 0.335 e. The molecular weight excluding hydrogens is 256 g/mol. The molecule has 1 heterocycles. The standard InChI is InChI=1S/C15H16N2O3/c18-14(19)11-6-5-10-7-8-17(13(10)9-11)15(20)16-12-3-1-2-4-12/h1-2,5-6,9,12H,3-4,7-8H2,(H,16,20)(H,18,19). The zero-order valence-electron chi connectivity index (χ0n) is 11.0. The Morgan fingerprint density at radius 1 is 1.25 bits per heavy atom. The Bertz CT molecular complexity index is 587. The summed E-state index contributed by atoms with van der Waals surface area (Å²) in [6.45, 7) is 0.602. The number of nitrogens with zero attached hydrogens (tertiary/aromatic N) is 1. The molecule has 0 aromatic heterocycles. The van der Waals surface area contributed by atoms with Gasteiger partial charge in [-0.15, -0.1) is 0 Å². The molecule has 1 aromatic carbocycles. The minimum Gasteiger partial charge on any atom is -0.478 e. The van der Waals surface area contributed by atoms with Crippen molar-refractivity contribution in [2.75, 3.05) is 11.4 Å². The number of aromatic carboxylic acids is 1. The topological polar surface area (TPSA) is 69.6 Å². The van der Waals surface area contributed by atoms with Crippen molar-refractivity contribution in [3.8, 4) is 0 Å². The molecule has 104 valence electrons. The maximum absolute atomic E-state index is 12.3. The molecule has 0 fully saturated rings. The molecule has 20 heavy (non-hydrogen) atoms. The molecule has 0 radical (unpaired) electrons. The third kappa shape index (κ3) is 2.27. The summed E-state index contributed by atoms with van der Waals surface area (Å²) < 4.78 is 0. The van der Waals surface area contributed by atoms with Crippen LogP contribution in [0.5, 0.6) is 0 Å². The van der Waals surface area contributed by atoms with Crippen molar-refractivity contribution < 1.29 is 14.7 Å². The number of anilines is 1. The van der Waals surface area contributed by atoms with Crippen LogP contribution in [0.1, 0.15) is 28.8 Å². The first-order valence-electron chi connectivity index (χ1n) is 6.74. The monoisotopic (exact) mass is 272 g/mol. The van der Waals surface area contributed by atoms with Crippen molar-refractivity contribution in [1.29, 1.82) is 0 Å². The first-order chi connectivity index (χ1) is 9.65. The molecule has 2 amide bonds. The highest BCUT2D eigenvalue weighted by Gasteiger charge is 2.27. The van der Waals surface area contributed by atoms with E-state index in [1.54, 1.807) is 23.1 Å². The molecule has 0 saturated heterocycles. The van der Waals surface area contributed by atoms with Gasteiger partial charge in [-0.3, -0.25) is 4.90 Å². The van der Waals surface area contributed by atoms with Crippen molar-refractivity contribution in [3.05, 3.63) is 41.5 Å². The lowest BCUT2D eigenvalue weighted by molar-refractivity contribution is 0.0697. The summed E-state index contributed by atoms with van der Waals surface area (Å²) in [4.78, 5) is 25.0. The quantitative estimate of drug-likeness (QED) is 0.811. The third-order valence-corrected chi connectivity index (χ3v) is 3.81. The summed E-state index contributed by atoms with van der Waals surface area (Å²) >= 11 is 0. The van der Waals surface area contributed by atoms with Gasteiger partial charge in [0.2, 0.25) is 0 Å². The SMILES string of the molecule is O=C(O)c1ccc2c(c1)N(C(=O)NC1CC=CC1)CC2. The molecule has 1 aliphatic carbocycles. The molecule has 0 unspecified atom stereocenters. The summed E-state index contributed by atoms with van der Waals surface area (Å²) in [5, 5.41) is 12.0. The second-order valence-corrected chi connectivity index (χ2v) is 5.14. The van der Waals surface area contributed by atoms with E-state index in [4.69, 9.17) is 5.11 Å². The maximum Gasteiger partial charge on any atom is 0.335 e. The van der Waals surface area contributed by atoms with E-state index in [1.807, 2.05) is 0 Å². The molecule has 0 spiro atoms. The normalized spacial score (nSPS) is 17.3. The zero-order chi connectivity index (χ0) is 14.1. The number of carbonyl (C=O) groups excluding carboxylic acids is 1. The van der Waals surface area contributed by atoms with Crippen molar-refractivity contribution in [2.24, 2.45) is 0 Å². The number of hydrogen-bond donors (Lipinski definition) is 2. The minimum atomic E-state index is -0.972. The molecule has 0 atom stereocenters. The van der Waals surface area contributed by atoms with Crippen molar-refractivity contribution in [1.82, 2.24) is 5.32 Å². The second kappa shape index (κ2) is 5.00. The lowest BCUT2D eigenvalue weighted by Gasteiger charge is -2.21. The number of fused-ring (bicyclic) bond motifs is 1. The zero-order valence-corrected chi connectivity index (χ0v) is 11.0. The molecule has 5 nitrogen and oxygen atoms in total. The molecule has 5 heteroatoms. The van der Waals surface area contributed by atoms with Gasteiger partial charge in [-0.25, -0.2) is 9.59 Å². The van der Waals surface area contributed by atoms with E-state index in [2.05, 4.69) is 17.5 Å². The van der Waals surface area contributed by atoms with Crippen LogP contribution in [0.2, 0.25) is 0 Å². The highest BCUT2D eigenvalue weighted by atomic mass is 16.4. The van der Waals surface area contributed by atoms with E-state index in [1.165, 1.54) is 0 Å². The molecule has 0 saturated carbocycles. The number of benzene rings is 1. The van der Waals surface area contributed by atoms with Crippen molar-refractivity contribution >= 4 is 17.7 Å². The summed E-state index contributed by atoms with van der Waals surface area (Å²) in [5.41, 5.74) is 1.95. The molecule has 1 aromatic rings. The van der Waals surface area contributed by atoms with Gasteiger partial charge in [0.15, 0.2) is 0 Å². The lowest BCUT2D eigenvalue weighted by atomic mass is 10.1. The molecular formula is C15H16N2O3. The van der Waals surface area contributed by atoms with Crippen LogP contribution in [0, 0.1) is 0 Å². The van der Waals surface area contributed by atoms with Crippen LogP contribution in [-0.2, 0) is 6.42 Å². The first kappa shape index (κ1) is 12.7. The Hall–Kier alpha value is -2.30. The predicted molar refractivity (Wildman–Crippen MR) is 75.1 cm³/mol. The number of nitrogens with one attached hydrogen (secondary N) is 1. The number of urea groups is 1. The summed E-state index contributed by atoms with van der Waals surface area (Å²) in [5.74, 6) is -0.972. The summed E-state index contributed by atoms with van der Waals surface area (Å²) in [7, 11) is 0. The van der Waals surface area contributed by atoms with Gasteiger partial charge < -0.3 is 10.4 Å². The predicted octanol–water partition coefficient (Wildman–Crippen LogP) is 2.18. The van der Waals surface area contributed by atoms with Gasteiger partial charge in [0.1, 0.15) is 0 Å². The summed E-state index contributed by atoms with van der Waals surface area (Å²) in [6.07, 6.45) is 6.62. The van der Waals surface area contributed by atoms with E-state index in [0.717, 1.165) is 24.8 Å². The number of carboxylic acids is 1. The largest absolute Gasteiger partial charge is 0.478 e. The average molecular weight is 272 g/mol. The number of hydrogen-bond acceptors (Lipinski definition) is 2. The van der Waals surface area contributed by atoms with E-state index in [9.17, 15) is 9.59 Å². The van der Waals surface area contributed by atoms with Gasteiger partial charge in [-0.05, 0) is 37.0 Å². The van der Waals surface area contributed by atoms with Crippen LogP contribution in [0.3, 0.4) is 0 Å². The Labute approximate surface area is 116 Å². The Morgan fingerprint density at radius 2 is 2.00 bits per heavy atom. The van der Waals surface area contributed by atoms with Crippen LogP contribution in [-0.4, -0.2) is 29.7 Å². The van der Waals surface area contributed by atoms with Gasteiger partial charge in [-0.2, -0.15) is 0 Å². The van der Waals surface area contributed by atoms with Gasteiger partial charge in [-0.1, -0.05) is 18.2 Å². The number of carbonyl (C=O) groups is 2. The van der Waals surface area contributed by atoms with E-state index < -0.39 is 5.97 Å². The second-order valence-electron chi connectivity index (χ2n) is 5.14. The van der Waals surface area contributed by atoms with E-state index in [-0.39, 0.29) is 17.6 Å². The van der Waals surface area contributed by atoms with Crippen molar-refractivity contribution in [3.63, 3.8) is 0 Å². The highest BCUT2D eigenvalue weighted by molar-refractivity contribution is 5.97. The number of rotatable bonds is 2. The van der Waals surface area contributed by atoms with Gasteiger partial charge in [0, 0.05) is 18.3 Å². The minimum absolute atomic E-state index is 0.139. The third-order valence-electron chi connectivity index (χ3n) is 3.81.